The second-order valence-electron chi connectivity index (χ2n) is 8.46. The predicted octanol–water partition coefficient (Wildman–Crippen LogP) is 4.65. The zero-order valence-corrected chi connectivity index (χ0v) is 18.6. The van der Waals surface area contributed by atoms with E-state index in [1.807, 2.05) is 0 Å². The zero-order valence-electron chi connectivity index (χ0n) is 17.8. The number of anilines is 2. The van der Waals surface area contributed by atoms with Crippen molar-refractivity contribution in [1.29, 1.82) is 0 Å². The summed E-state index contributed by atoms with van der Waals surface area (Å²) in [7, 11) is 0. The van der Waals surface area contributed by atoms with Gasteiger partial charge in [0.25, 0.3) is 0 Å². The minimum absolute atomic E-state index is 0.296. The SMILES string of the molecule is Cc1nc(Nc2cccc(CN3CCN(C(=O)C4CCCC4)CC3)c2C)sc1C. The summed E-state index contributed by atoms with van der Waals surface area (Å²) in [6, 6.07) is 6.47. The number of hydrogen-bond acceptors (Lipinski definition) is 5. The fraction of sp³-hybridized carbons (Fsp3) is 0.565. The molecule has 1 aliphatic carbocycles. The molecular weight excluding hydrogens is 380 g/mol. The number of nitrogens with zero attached hydrogens (tertiary/aromatic N) is 3. The van der Waals surface area contributed by atoms with Gasteiger partial charge in [-0.15, -0.1) is 11.3 Å². The molecule has 0 bridgehead atoms. The Bertz CT molecular complexity index is 844. The lowest BCUT2D eigenvalue weighted by Gasteiger charge is -2.36. The first kappa shape index (κ1) is 20.4. The molecule has 1 aromatic carbocycles. The number of aromatic nitrogens is 1. The second-order valence-corrected chi connectivity index (χ2v) is 9.66. The van der Waals surface area contributed by atoms with Gasteiger partial charge < -0.3 is 10.2 Å². The van der Waals surface area contributed by atoms with Gasteiger partial charge in [0, 0.05) is 49.2 Å². The average Bonchev–Trinajstić information content (AvgIpc) is 3.35. The second kappa shape index (κ2) is 8.84. The molecule has 0 spiro atoms. The van der Waals surface area contributed by atoms with Crippen molar-refractivity contribution in [3.05, 3.63) is 39.9 Å². The Hall–Kier alpha value is -1.92. The van der Waals surface area contributed by atoms with Gasteiger partial charge in [-0.1, -0.05) is 25.0 Å². The van der Waals surface area contributed by atoms with Crippen LogP contribution in [0.25, 0.3) is 0 Å². The number of amides is 1. The third kappa shape index (κ3) is 4.64. The normalized spacial score (nSPS) is 18.4. The molecule has 1 saturated carbocycles. The number of hydrogen-bond donors (Lipinski definition) is 1. The van der Waals surface area contributed by atoms with E-state index in [1.165, 1.54) is 28.8 Å². The number of carbonyl (C=O) groups is 1. The Labute approximate surface area is 178 Å². The summed E-state index contributed by atoms with van der Waals surface area (Å²) in [5.74, 6) is 0.697. The van der Waals surface area contributed by atoms with E-state index in [4.69, 9.17) is 0 Å². The molecule has 2 aromatic rings. The van der Waals surface area contributed by atoms with Crippen LogP contribution in [0, 0.1) is 26.7 Å². The third-order valence-electron chi connectivity index (χ3n) is 6.50. The summed E-state index contributed by atoms with van der Waals surface area (Å²) in [5.41, 5.74) is 4.85. The first-order chi connectivity index (χ1) is 14.0. The molecular formula is C23H32N4OS. The molecule has 1 saturated heterocycles. The molecule has 1 aromatic heterocycles. The third-order valence-corrected chi connectivity index (χ3v) is 7.49. The molecule has 4 rings (SSSR count). The lowest BCUT2D eigenvalue weighted by Crippen LogP contribution is -2.49. The van der Waals surface area contributed by atoms with Crippen molar-refractivity contribution in [3.63, 3.8) is 0 Å². The van der Waals surface area contributed by atoms with Crippen molar-refractivity contribution < 1.29 is 4.79 Å². The first-order valence-corrected chi connectivity index (χ1v) is 11.6. The standard InChI is InChI=1S/C23H32N4OS/c1-16-20(9-6-10-21(16)25-23-24-17(2)18(3)29-23)15-26-11-13-27(14-12-26)22(28)19-7-4-5-8-19/h6,9-10,19H,4-5,7-8,11-15H2,1-3H3,(H,24,25). The number of carbonyl (C=O) groups excluding carboxylic acids is 1. The van der Waals surface area contributed by atoms with Gasteiger partial charge in [-0.3, -0.25) is 9.69 Å². The van der Waals surface area contributed by atoms with Crippen LogP contribution in [0.1, 0.15) is 47.4 Å². The van der Waals surface area contributed by atoms with Crippen molar-refractivity contribution in [1.82, 2.24) is 14.8 Å². The van der Waals surface area contributed by atoms with E-state index in [2.05, 4.69) is 59.1 Å². The molecule has 1 amide bonds. The highest BCUT2D eigenvalue weighted by molar-refractivity contribution is 7.15. The molecule has 0 atom stereocenters. The molecule has 1 N–H and O–H groups in total. The monoisotopic (exact) mass is 412 g/mol. The van der Waals surface area contributed by atoms with Crippen molar-refractivity contribution >= 4 is 28.1 Å². The summed E-state index contributed by atoms with van der Waals surface area (Å²) >= 11 is 1.70. The Morgan fingerprint density at radius 1 is 1.14 bits per heavy atom. The fourth-order valence-corrected chi connectivity index (χ4v) is 5.26. The summed E-state index contributed by atoms with van der Waals surface area (Å²) in [6.07, 6.45) is 4.63. The molecule has 2 heterocycles. The highest BCUT2D eigenvalue weighted by Gasteiger charge is 2.29. The number of piperazine rings is 1. The van der Waals surface area contributed by atoms with E-state index < -0.39 is 0 Å². The number of nitrogens with one attached hydrogen (secondary N) is 1. The van der Waals surface area contributed by atoms with E-state index in [-0.39, 0.29) is 0 Å². The Balaban J connectivity index is 1.35. The van der Waals surface area contributed by atoms with Crippen LogP contribution < -0.4 is 5.32 Å². The van der Waals surface area contributed by atoms with Gasteiger partial charge in [0.05, 0.1) is 5.69 Å². The van der Waals surface area contributed by atoms with E-state index in [1.54, 1.807) is 11.3 Å². The van der Waals surface area contributed by atoms with E-state index in [9.17, 15) is 4.79 Å². The van der Waals surface area contributed by atoms with Gasteiger partial charge in [-0.25, -0.2) is 4.98 Å². The summed E-state index contributed by atoms with van der Waals surface area (Å²) in [4.78, 5) is 23.1. The average molecular weight is 413 g/mol. The van der Waals surface area contributed by atoms with Crippen LogP contribution in [0.2, 0.25) is 0 Å². The molecule has 156 valence electrons. The maximum atomic E-state index is 12.7. The van der Waals surface area contributed by atoms with Crippen LogP contribution in [0.4, 0.5) is 10.8 Å². The van der Waals surface area contributed by atoms with Gasteiger partial charge in [0.1, 0.15) is 0 Å². The minimum Gasteiger partial charge on any atom is -0.340 e. The zero-order chi connectivity index (χ0) is 20.4. The van der Waals surface area contributed by atoms with Crippen molar-refractivity contribution in [2.24, 2.45) is 5.92 Å². The number of aryl methyl sites for hydroxylation is 2. The lowest BCUT2D eigenvalue weighted by molar-refractivity contribution is -0.137. The summed E-state index contributed by atoms with van der Waals surface area (Å²) < 4.78 is 0. The number of thiazole rings is 1. The maximum absolute atomic E-state index is 12.7. The fourth-order valence-electron chi connectivity index (χ4n) is 4.43. The quantitative estimate of drug-likeness (QED) is 0.777. The molecule has 0 radical (unpaired) electrons. The van der Waals surface area contributed by atoms with Crippen LogP contribution in [0.5, 0.6) is 0 Å². The van der Waals surface area contributed by atoms with Gasteiger partial charge in [-0.05, 0) is 50.8 Å². The Kier molecular flexibility index (Phi) is 6.20. The topological polar surface area (TPSA) is 48.5 Å². The van der Waals surface area contributed by atoms with Crippen molar-refractivity contribution in [2.45, 2.75) is 53.0 Å². The van der Waals surface area contributed by atoms with Gasteiger partial charge in [0.2, 0.25) is 5.91 Å². The van der Waals surface area contributed by atoms with E-state index >= 15 is 0 Å². The van der Waals surface area contributed by atoms with Crippen LogP contribution in [0.3, 0.4) is 0 Å². The number of benzene rings is 1. The Morgan fingerprint density at radius 2 is 1.86 bits per heavy atom. The summed E-state index contributed by atoms with van der Waals surface area (Å²) in [5, 5.41) is 4.46. The predicted molar refractivity (Wildman–Crippen MR) is 120 cm³/mol. The van der Waals surface area contributed by atoms with Gasteiger partial charge in [-0.2, -0.15) is 0 Å². The molecule has 0 unspecified atom stereocenters. The molecule has 1 aliphatic heterocycles. The smallest absolute Gasteiger partial charge is 0.225 e. The summed E-state index contributed by atoms with van der Waals surface area (Å²) in [6.45, 7) is 10.9. The van der Waals surface area contributed by atoms with Gasteiger partial charge in [0.15, 0.2) is 5.13 Å². The van der Waals surface area contributed by atoms with E-state index in [0.29, 0.717) is 11.8 Å². The largest absolute Gasteiger partial charge is 0.340 e. The van der Waals surface area contributed by atoms with Gasteiger partial charge >= 0.3 is 0 Å². The molecule has 5 nitrogen and oxygen atoms in total. The van der Waals surface area contributed by atoms with Crippen LogP contribution >= 0.6 is 11.3 Å². The van der Waals surface area contributed by atoms with Crippen molar-refractivity contribution in [2.75, 3.05) is 31.5 Å². The lowest BCUT2D eigenvalue weighted by atomic mass is 10.0. The molecule has 2 fully saturated rings. The first-order valence-electron chi connectivity index (χ1n) is 10.8. The van der Waals surface area contributed by atoms with Crippen LogP contribution in [-0.2, 0) is 11.3 Å². The highest BCUT2D eigenvalue weighted by Crippen LogP contribution is 2.29. The minimum atomic E-state index is 0.296. The van der Waals surface area contributed by atoms with Crippen molar-refractivity contribution in [3.8, 4) is 0 Å². The molecule has 6 heteroatoms. The van der Waals surface area contributed by atoms with E-state index in [0.717, 1.165) is 62.1 Å². The Morgan fingerprint density at radius 3 is 2.52 bits per heavy atom. The van der Waals surface area contributed by atoms with Crippen LogP contribution in [-0.4, -0.2) is 46.9 Å². The number of rotatable bonds is 5. The molecule has 2 aliphatic rings. The highest BCUT2D eigenvalue weighted by atomic mass is 32.1. The molecule has 29 heavy (non-hydrogen) atoms. The van der Waals surface area contributed by atoms with Crippen LogP contribution in [0.15, 0.2) is 18.2 Å². The maximum Gasteiger partial charge on any atom is 0.225 e.